The molecule has 4 heteroatoms. The van der Waals surface area contributed by atoms with Crippen LogP contribution in [-0.4, -0.2) is 36.4 Å². The minimum atomic E-state index is -0.791. The predicted molar refractivity (Wildman–Crippen MR) is 87.2 cm³/mol. The maximum atomic E-state index is 12.6. The molecule has 1 amide bonds. The standard InChI is InChI=1S/C19H25NO3/c21-17(20-13-18(22)8-10-23-11-9-18)16-12-19(16)7-3-5-14-4-1-2-6-15(14)19/h1-2,4,6,16,22H,3,5,7-13H2,(H,20,21). The van der Waals surface area contributed by atoms with E-state index in [1.54, 1.807) is 0 Å². The van der Waals surface area contributed by atoms with E-state index in [1.165, 1.54) is 17.5 Å². The lowest BCUT2D eigenvalue weighted by Gasteiger charge is -2.32. The van der Waals surface area contributed by atoms with Crippen molar-refractivity contribution in [2.75, 3.05) is 19.8 Å². The number of rotatable bonds is 3. The number of hydrogen-bond donors (Lipinski definition) is 2. The molecule has 0 radical (unpaired) electrons. The molecule has 23 heavy (non-hydrogen) atoms. The average Bonchev–Trinajstić information content (AvgIpc) is 3.29. The van der Waals surface area contributed by atoms with Crippen LogP contribution in [0.2, 0.25) is 0 Å². The van der Waals surface area contributed by atoms with Crippen LogP contribution in [0.25, 0.3) is 0 Å². The predicted octanol–water partition coefficient (Wildman–Crippen LogP) is 1.94. The lowest BCUT2D eigenvalue weighted by molar-refractivity contribution is -0.125. The van der Waals surface area contributed by atoms with Gasteiger partial charge in [0.15, 0.2) is 0 Å². The number of carbonyl (C=O) groups is 1. The molecule has 4 nitrogen and oxygen atoms in total. The molecule has 1 aliphatic heterocycles. The minimum Gasteiger partial charge on any atom is -0.388 e. The van der Waals surface area contributed by atoms with Gasteiger partial charge in [0.1, 0.15) is 0 Å². The van der Waals surface area contributed by atoms with Gasteiger partial charge in [-0.15, -0.1) is 0 Å². The SMILES string of the molecule is O=C(NCC1(O)CCOCC1)C1CC12CCCc1ccccc12. The number of benzene rings is 1. The molecular weight excluding hydrogens is 290 g/mol. The van der Waals surface area contributed by atoms with E-state index in [-0.39, 0.29) is 17.2 Å². The molecule has 4 rings (SSSR count). The summed E-state index contributed by atoms with van der Waals surface area (Å²) in [7, 11) is 0. The Morgan fingerprint density at radius 3 is 2.87 bits per heavy atom. The molecule has 3 aliphatic rings. The third-order valence-corrected chi connectivity index (χ3v) is 6.03. The molecule has 1 heterocycles. The number of fused-ring (bicyclic) bond motifs is 2. The second-order valence-corrected chi connectivity index (χ2v) is 7.48. The van der Waals surface area contributed by atoms with E-state index in [1.807, 2.05) is 0 Å². The van der Waals surface area contributed by atoms with Crippen molar-refractivity contribution in [1.29, 1.82) is 0 Å². The minimum absolute atomic E-state index is 0.0667. The first kappa shape index (κ1) is 15.2. The molecule has 2 unspecified atom stereocenters. The zero-order valence-electron chi connectivity index (χ0n) is 13.5. The maximum Gasteiger partial charge on any atom is 0.224 e. The smallest absolute Gasteiger partial charge is 0.224 e. The van der Waals surface area contributed by atoms with Gasteiger partial charge in [0, 0.05) is 43.9 Å². The highest BCUT2D eigenvalue weighted by Crippen LogP contribution is 2.60. The number of carbonyl (C=O) groups excluding carboxylic acids is 1. The lowest BCUT2D eigenvalue weighted by Crippen LogP contribution is -2.47. The first-order valence-corrected chi connectivity index (χ1v) is 8.79. The van der Waals surface area contributed by atoms with E-state index in [0.29, 0.717) is 32.6 Å². The molecule has 1 spiro atoms. The van der Waals surface area contributed by atoms with Crippen LogP contribution in [0, 0.1) is 5.92 Å². The number of nitrogens with one attached hydrogen (secondary N) is 1. The van der Waals surface area contributed by atoms with Gasteiger partial charge in [0.25, 0.3) is 0 Å². The van der Waals surface area contributed by atoms with Crippen molar-refractivity contribution < 1.29 is 14.6 Å². The summed E-state index contributed by atoms with van der Waals surface area (Å²) in [5.74, 6) is 0.189. The van der Waals surface area contributed by atoms with Crippen molar-refractivity contribution in [1.82, 2.24) is 5.32 Å². The Balaban J connectivity index is 1.42. The summed E-state index contributed by atoms with van der Waals surface area (Å²) in [6.45, 7) is 1.50. The van der Waals surface area contributed by atoms with Gasteiger partial charge >= 0.3 is 0 Å². The van der Waals surface area contributed by atoms with Gasteiger partial charge in [-0.3, -0.25) is 4.79 Å². The van der Waals surface area contributed by atoms with Gasteiger partial charge in [-0.05, 0) is 36.8 Å². The van der Waals surface area contributed by atoms with Crippen LogP contribution in [0.3, 0.4) is 0 Å². The molecule has 124 valence electrons. The third-order valence-electron chi connectivity index (χ3n) is 6.03. The van der Waals surface area contributed by atoms with Crippen LogP contribution in [-0.2, 0) is 21.4 Å². The van der Waals surface area contributed by atoms with Gasteiger partial charge in [0.2, 0.25) is 5.91 Å². The number of amides is 1. The summed E-state index contributed by atoms with van der Waals surface area (Å²) in [4.78, 5) is 12.6. The zero-order valence-corrected chi connectivity index (χ0v) is 13.5. The highest BCUT2D eigenvalue weighted by Gasteiger charge is 2.60. The summed E-state index contributed by atoms with van der Waals surface area (Å²) in [5, 5.41) is 13.5. The molecule has 2 atom stereocenters. The van der Waals surface area contributed by atoms with E-state index < -0.39 is 5.60 Å². The van der Waals surface area contributed by atoms with E-state index in [2.05, 4.69) is 29.6 Å². The Kier molecular flexibility index (Phi) is 3.69. The van der Waals surface area contributed by atoms with Crippen LogP contribution in [0.15, 0.2) is 24.3 Å². The fourth-order valence-corrected chi connectivity index (χ4v) is 4.48. The van der Waals surface area contributed by atoms with Crippen molar-refractivity contribution in [3.05, 3.63) is 35.4 Å². The van der Waals surface area contributed by atoms with E-state index in [4.69, 9.17) is 4.74 Å². The molecular formula is C19H25NO3. The molecule has 2 N–H and O–H groups in total. The first-order valence-electron chi connectivity index (χ1n) is 8.79. The number of ether oxygens (including phenoxy) is 1. The fraction of sp³-hybridized carbons (Fsp3) is 0.632. The quantitative estimate of drug-likeness (QED) is 0.896. The molecule has 1 saturated carbocycles. The molecule has 2 aliphatic carbocycles. The Labute approximate surface area is 137 Å². The van der Waals surface area contributed by atoms with E-state index >= 15 is 0 Å². The van der Waals surface area contributed by atoms with Crippen molar-refractivity contribution in [3.8, 4) is 0 Å². The van der Waals surface area contributed by atoms with Crippen LogP contribution >= 0.6 is 0 Å². The van der Waals surface area contributed by atoms with Crippen molar-refractivity contribution >= 4 is 5.91 Å². The summed E-state index contributed by atoms with van der Waals surface area (Å²) < 4.78 is 5.29. The van der Waals surface area contributed by atoms with Crippen molar-refractivity contribution in [2.45, 2.75) is 49.5 Å². The highest BCUT2D eigenvalue weighted by molar-refractivity contribution is 5.84. The summed E-state index contributed by atoms with van der Waals surface area (Å²) >= 11 is 0. The number of aliphatic hydroxyl groups is 1. The molecule has 1 saturated heterocycles. The molecule has 0 aromatic heterocycles. The highest BCUT2D eigenvalue weighted by atomic mass is 16.5. The maximum absolute atomic E-state index is 12.6. The number of aryl methyl sites for hydroxylation is 1. The Hall–Kier alpha value is -1.39. The monoisotopic (exact) mass is 315 g/mol. The Bertz CT molecular complexity index is 608. The molecule has 1 aromatic carbocycles. The fourth-order valence-electron chi connectivity index (χ4n) is 4.48. The average molecular weight is 315 g/mol. The van der Waals surface area contributed by atoms with Gasteiger partial charge in [0.05, 0.1) is 5.60 Å². The van der Waals surface area contributed by atoms with Gasteiger partial charge in [-0.2, -0.15) is 0 Å². The van der Waals surface area contributed by atoms with Crippen molar-refractivity contribution in [3.63, 3.8) is 0 Å². The van der Waals surface area contributed by atoms with Crippen LogP contribution in [0.1, 0.15) is 43.2 Å². The van der Waals surface area contributed by atoms with E-state index in [9.17, 15) is 9.90 Å². The van der Waals surface area contributed by atoms with Crippen LogP contribution in [0.5, 0.6) is 0 Å². The van der Waals surface area contributed by atoms with Crippen LogP contribution < -0.4 is 5.32 Å². The third kappa shape index (κ3) is 2.68. The number of hydrogen-bond acceptors (Lipinski definition) is 3. The molecule has 1 aromatic rings. The molecule has 0 bridgehead atoms. The largest absolute Gasteiger partial charge is 0.388 e. The molecule has 2 fully saturated rings. The Morgan fingerprint density at radius 2 is 2.04 bits per heavy atom. The topological polar surface area (TPSA) is 58.6 Å². The van der Waals surface area contributed by atoms with Crippen molar-refractivity contribution in [2.24, 2.45) is 5.92 Å². The van der Waals surface area contributed by atoms with Gasteiger partial charge in [-0.25, -0.2) is 0 Å². The second-order valence-electron chi connectivity index (χ2n) is 7.48. The summed E-state index contributed by atoms with van der Waals surface area (Å²) in [6, 6.07) is 8.59. The van der Waals surface area contributed by atoms with Crippen LogP contribution in [0.4, 0.5) is 0 Å². The normalized spacial score (nSPS) is 31.4. The summed E-state index contributed by atoms with van der Waals surface area (Å²) in [5.41, 5.74) is 2.07. The zero-order chi connectivity index (χ0) is 15.9. The van der Waals surface area contributed by atoms with E-state index in [0.717, 1.165) is 19.3 Å². The van der Waals surface area contributed by atoms with Gasteiger partial charge in [-0.1, -0.05) is 24.3 Å². The van der Waals surface area contributed by atoms with Gasteiger partial charge < -0.3 is 15.2 Å². The second kappa shape index (κ2) is 5.60. The first-order chi connectivity index (χ1) is 11.1. The Morgan fingerprint density at radius 1 is 1.26 bits per heavy atom. The summed E-state index contributed by atoms with van der Waals surface area (Å²) in [6.07, 6.45) is 5.57. The lowest BCUT2D eigenvalue weighted by atomic mass is 9.78.